The second-order valence-electron chi connectivity index (χ2n) is 5.47. The summed E-state index contributed by atoms with van der Waals surface area (Å²) in [5.74, 6) is 0. The minimum atomic E-state index is -3.59. The Bertz CT molecular complexity index is 1030. The van der Waals surface area contributed by atoms with Gasteiger partial charge in [-0.1, -0.05) is 58.5 Å². The number of hydrogen-bond acceptors (Lipinski definition) is 4. The van der Waals surface area contributed by atoms with Crippen molar-refractivity contribution in [2.24, 2.45) is 0 Å². The van der Waals surface area contributed by atoms with Crippen LogP contribution >= 0.6 is 46.4 Å². The minimum absolute atomic E-state index is 0.0502. The second-order valence-corrected chi connectivity index (χ2v) is 11.2. The highest BCUT2D eigenvalue weighted by Crippen LogP contribution is 2.36. The van der Waals surface area contributed by atoms with E-state index in [1.54, 1.807) is 0 Å². The largest absolute Gasteiger partial charge is 0.224 e. The molecule has 0 aromatic heterocycles. The van der Waals surface area contributed by atoms with Gasteiger partial charge in [-0.05, 0) is 35.4 Å². The Labute approximate surface area is 172 Å². The molecule has 2 rings (SSSR count). The maximum absolute atomic E-state index is 11.9. The zero-order valence-corrected chi connectivity index (χ0v) is 18.1. The SMILES string of the molecule is CS(=O)(=O)c1cc(C(=C(Cl)Cl)c2ccc(Cl)c(S(C)(=O)=O)c2)ccc1Cl. The summed E-state index contributed by atoms with van der Waals surface area (Å²) in [6.45, 7) is 0. The fourth-order valence-corrected chi connectivity index (χ4v) is 5.31. The zero-order chi connectivity index (χ0) is 19.9. The molecule has 0 aliphatic carbocycles. The predicted octanol–water partition coefficient (Wildman–Crippen LogP) is 4.99. The van der Waals surface area contributed by atoms with E-state index in [0.717, 1.165) is 12.5 Å². The van der Waals surface area contributed by atoms with Crippen LogP contribution in [0, 0.1) is 0 Å². The first kappa shape index (κ1) is 21.5. The van der Waals surface area contributed by atoms with Crippen molar-refractivity contribution in [2.75, 3.05) is 12.5 Å². The molecule has 0 heterocycles. The van der Waals surface area contributed by atoms with Crippen molar-refractivity contribution in [3.63, 3.8) is 0 Å². The van der Waals surface area contributed by atoms with Crippen LogP contribution in [0.3, 0.4) is 0 Å². The van der Waals surface area contributed by atoms with Crippen LogP contribution in [0.25, 0.3) is 5.57 Å². The van der Waals surface area contributed by atoms with Crippen LogP contribution in [0.15, 0.2) is 50.7 Å². The lowest BCUT2D eigenvalue weighted by atomic mass is 9.99. The minimum Gasteiger partial charge on any atom is -0.224 e. The summed E-state index contributed by atoms with van der Waals surface area (Å²) in [4.78, 5) is -0.192. The van der Waals surface area contributed by atoms with Gasteiger partial charge in [0.05, 0.1) is 19.8 Å². The molecular weight excluding hydrogens is 462 g/mol. The quantitative estimate of drug-likeness (QED) is 0.626. The highest BCUT2D eigenvalue weighted by molar-refractivity contribution is 7.91. The van der Waals surface area contributed by atoms with Gasteiger partial charge in [0, 0.05) is 18.1 Å². The van der Waals surface area contributed by atoms with Gasteiger partial charge in [-0.3, -0.25) is 0 Å². The Kier molecular flexibility index (Phi) is 6.38. The van der Waals surface area contributed by atoms with Gasteiger partial charge in [0.25, 0.3) is 0 Å². The van der Waals surface area contributed by atoms with Gasteiger partial charge in [-0.2, -0.15) is 0 Å². The average molecular weight is 474 g/mol. The highest BCUT2D eigenvalue weighted by Gasteiger charge is 2.19. The molecule has 0 saturated carbocycles. The number of benzene rings is 2. The molecule has 26 heavy (non-hydrogen) atoms. The first-order chi connectivity index (χ1) is 11.8. The molecule has 0 aliphatic rings. The molecule has 0 spiro atoms. The maximum Gasteiger partial charge on any atom is 0.177 e. The van der Waals surface area contributed by atoms with E-state index in [1.165, 1.54) is 36.4 Å². The Balaban J connectivity index is 2.77. The first-order valence-corrected chi connectivity index (χ1v) is 12.2. The molecule has 2 aromatic rings. The van der Waals surface area contributed by atoms with Gasteiger partial charge in [0.1, 0.15) is 4.49 Å². The molecular formula is C16H12Cl4O4S2. The number of rotatable bonds is 4. The van der Waals surface area contributed by atoms with E-state index in [2.05, 4.69) is 0 Å². The zero-order valence-electron chi connectivity index (χ0n) is 13.4. The van der Waals surface area contributed by atoms with Crippen LogP contribution in [0.4, 0.5) is 0 Å². The number of halogens is 4. The molecule has 140 valence electrons. The molecule has 10 heteroatoms. The van der Waals surface area contributed by atoms with Crippen LogP contribution < -0.4 is 0 Å². The van der Waals surface area contributed by atoms with Crippen LogP contribution in [-0.2, 0) is 19.7 Å². The summed E-state index contributed by atoms with van der Waals surface area (Å²) < 4.78 is 47.4. The monoisotopic (exact) mass is 472 g/mol. The van der Waals surface area contributed by atoms with Crippen molar-refractivity contribution >= 4 is 71.7 Å². The van der Waals surface area contributed by atoms with E-state index in [-0.39, 0.29) is 29.9 Å². The summed E-state index contributed by atoms with van der Waals surface area (Å²) in [5.41, 5.74) is 0.963. The smallest absolute Gasteiger partial charge is 0.177 e. The summed E-state index contributed by atoms with van der Waals surface area (Å²) in [5, 5.41) is 0.100. The summed E-state index contributed by atoms with van der Waals surface area (Å²) in [6, 6.07) is 8.52. The molecule has 4 nitrogen and oxygen atoms in total. The Hall–Kier alpha value is -0.760. The van der Waals surface area contributed by atoms with Crippen LogP contribution in [0.1, 0.15) is 11.1 Å². The van der Waals surface area contributed by atoms with Gasteiger partial charge in [-0.25, -0.2) is 16.8 Å². The summed E-state index contributed by atoms with van der Waals surface area (Å²) in [6.07, 6.45) is 2.04. The lowest BCUT2D eigenvalue weighted by Crippen LogP contribution is -2.02. The van der Waals surface area contributed by atoms with E-state index in [0.29, 0.717) is 11.1 Å². The van der Waals surface area contributed by atoms with Crippen molar-refractivity contribution in [1.29, 1.82) is 0 Å². The van der Waals surface area contributed by atoms with Crippen LogP contribution in [-0.4, -0.2) is 29.3 Å². The van der Waals surface area contributed by atoms with E-state index >= 15 is 0 Å². The van der Waals surface area contributed by atoms with Crippen molar-refractivity contribution in [1.82, 2.24) is 0 Å². The molecule has 0 N–H and O–H groups in total. The van der Waals surface area contributed by atoms with Gasteiger partial charge in [0.15, 0.2) is 19.7 Å². The Morgan fingerprint density at radius 1 is 0.731 bits per heavy atom. The van der Waals surface area contributed by atoms with Crippen LogP contribution in [0.2, 0.25) is 10.0 Å². The first-order valence-electron chi connectivity index (χ1n) is 6.87. The molecule has 0 aliphatic heterocycles. The molecule has 0 amide bonds. The topological polar surface area (TPSA) is 68.3 Å². The van der Waals surface area contributed by atoms with Crippen LogP contribution in [0.5, 0.6) is 0 Å². The van der Waals surface area contributed by atoms with E-state index in [4.69, 9.17) is 46.4 Å². The molecule has 0 saturated heterocycles. The Morgan fingerprint density at radius 3 is 1.35 bits per heavy atom. The van der Waals surface area contributed by atoms with Gasteiger partial charge in [0.2, 0.25) is 0 Å². The molecule has 0 radical (unpaired) electrons. The van der Waals surface area contributed by atoms with Gasteiger partial charge < -0.3 is 0 Å². The fraction of sp³-hybridized carbons (Fsp3) is 0.125. The summed E-state index contributed by atoms with van der Waals surface area (Å²) in [7, 11) is -7.19. The standard InChI is InChI=1S/C16H12Cl4O4S2/c1-25(21,22)13-7-9(3-5-11(13)17)15(16(19)20)10-4-6-12(18)14(8-10)26(2,23)24/h3-8H,1-2H3. The third kappa shape index (κ3) is 4.74. The molecule has 0 atom stereocenters. The average Bonchev–Trinajstić information content (AvgIpc) is 2.48. The van der Waals surface area contributed by atoms with Crippen molar-refractivity contribution in [3.8, 4) is 0 Å². The van der Waals surface area contributed by atoms with E-state index in [1.807, 2.05) is 0 Å². The molecule has 2 aromatic carbocycles. The van der Waals surface area contributed by atoms with E-state index in [9.17, 15) is 16.8 Å². The molecule has 0 unspecified atom stereocenters. The van der Waals surface area contributed by atoms with Crippen molar-refractivity contribution in [3.05, 3.63) is 62.1 Å². The highest BCUT2D eigenvalue weighted by atomic mass is 35.5. The molecule has 0 bridgehead atoms. The lowest BCUT2D eigenvalue weighted by Gasteiger charge is -2.13. The number of sulfone groups is 2. The van der Waals surface area contributed by atoms with E-state index < -0.39 is 19.7 Å². The predicted molar refractivity (Wildman–Crippen MR) is 107 cm³/mol. The summed E-state index contributed by atoms with van der Waals surface area (Å²) >= 11 is 23.9. The third-order valence-electron chi connectivity index (χ3n) is 3.43. The van der Waals surface area contributed by atoms with Gasteiger partial charge >= 0.3 is 0 Å². The second kappa shape index (κ2) is 7.70. The normalized spacial score (nSPS) is 12.1. The van der Waals surface area contributed by atoms with Crippen molar-refractivity contribution in [2.45, 2.75) is 9.79 Å². The lowest BCUT2D eigenvalue weighted by molar-refractivity contribution is 0.600. The number of hydrogen-bond donors (Lipinski definition) is 0. The fourth-order valence-electron chi connectivity index (χ4n) is 2.27. The van der Waals surface area contributed by atoms with Crippen molar-refractivity contribution < 1.29 is 16.8 Å². The Morgan fingerprint density at radius 2 is 1.08 bits per heavy atom. The maximum atomic E-state index is 11.9. The third-order valence-corrected chi connectivity index (χ3v) is 6.96. The molecule has 0 fully saturated rings. The van der Waals surface area contributed by atoms with Gasteiger partial charge in [-0.15, -0.1) is 0 Å².